The van der Waals surface area contributed by atoms with Gasteiger partial charge in [0.05, 0.1) is 17.9 Å². The van der Waals surface area contributed by atoms with Gasteiger partial charge in [0.2, 0.25) is 5.91 Å². The molecule has 1 saturated heterocycles. The topological polar surface area (TPSA) is 76.0 Å². The van der Waals surface area contributed by atoms with Crippen molar-refractivity contribution in [2.24, 2.45) is 0 Å². The standard InChI is InChI=1S/C12H17BrN4O2/c1-7(2)17-12(19)10(13)9(6-15-17)16-8-4-3-5-14-11(8)18/h6-8,16H,3-5H2,1-2H3,(H,14,18). The Balaban J connectivity index is 2.24. The molecule has 7 heteroatoms. The molecule has 2 rings (SSSR count). The Labute approximate surface area is 119 Å². The fraction of sp³-hybridized carbons (Fsp3) is 0.583. The highest BCUT2D eigenvalue weighted by atomic mass is 79.9. The van der Waals surface area contributed by atoms with Gasteiger partial charge >= 0.3 is 0 Å². The molecule has 6 nitrogen and oxygen atoms in total. The van der Waals surface area contributed by atoms with Crippen molar-refractivity contribution in [3.8, 4) is 0 Å². The molecular formula is C12H17BrN4O2. The highest BCUT2D eigenvalue weighted by Crippen LogP contribution is 2.20. The lowest BCUT2D eigenvalue weighted by atomic mass is 10.1. The average Bonchev–Trinajstić information content (AvgIpc) is 2.37. The smallest absolute Gasteiger partial charge is 0.283 e. The Bertz CT molecular complexity index is 541. The first kappa shape index (κ1) is 14.0. The average molecular weight is 329 g/mol. The summed E-state index contributed by atoms with van der Waals surface area (Å²) in [6.07, 6.45) is 3.26. The third kappa shape index (κ3) is 2.97. The maximum atomic E-state index is 12.1. The summed E-state index contributed by atoms with van der Waals surface area (Å²) in [4.78, 5) is 23.7. The predicted octanol–water partition coefficient (Wildman–Crippen LogP) is 1.28. The molecule has 1 aromatic rings. The number of nitrogens with one attached hydrogen (secondary N) is 2. The Kier molecular flexibility index (Phi) is 4.24. The second kappa shape index (κ2) is 5.73. The van der Waals surface area contributed by atoms with Crippen LogP contribution >= 0.6 is 15.9 Å². The lowest BCUT2D eigenvalue weighted by molar-refractivity contribution is -0.123. The lowest BCUT2D eigenvalue weighted by Crippen LogP contribution is -2.44. The van der Waals surface area contributed by atoms with E-state index in [9.17, 15) is 9.59 Å². The molecule has 2 N–H and O–H groups in total. The summed E-state index contributed by atoms with van der Waals surface area (Å²) in [5.41, 5.74) is 0.361. The molecular weight excluding hydrogens is 312 g/mol. The van der Waals surface area contributed by atoms with E-state index in [2.05, 4.69) is 31.7 Å². The van der Waals surface area contributed by atoms with E-state index in [4.69, 9.17) is 0 Å². The van der Waals surface area contributed by atoms with Crippen LogP contribution in [-0.2, 0) is 4.79 Å². The van der Waals surface area contributed by atoms with Gasteiger partial charge in [0.25, 0.3) is 5.56 Å². The molecule has 0 bridgehead atoms. The van der Waals surface area contributed by atoms with E-state index in [0.717, 1.165) is 12.8 Å². The van der Waals surface area contributed by atoms with Crippen LogP contribution in [0.4, 0.5) is 5.69 Å². The number of anilines is 1. The van der Waals surface area contributed by atoms with Gasteiger partial charge in [-0.25, -0.2) is 4.68 Å². The first-order chi connectivity index (χ1) is 9.00. The first-order valence-corrected chi connectivity index (χ1v) is 7.11. The van der Waals surface area contributed by atoms with Crippen molar-refractivity contribution in [1.29, 1.82) is 0 Å². The van der Waals surface area contributed by atoms with Crippen LogP contribution in [-0.4, -0.2) is 28.3 Å². The fourth-order valence-electron chi connectivity index (χ4n) is 2.01. The zero-order chi connectivity index (χ0) is 14.0. The number of rotatable bonds is 3. The molecule has 1 aliphatic heterocycles. The molecule has 19 heavy (non-hydrogen) atoms. The van der Waals surface area contributed by atoms with Crippen molar-refractivity contribution < 1.29 is 4.79 Å². The lowest BCUT2D eigenvalue weighted by Gasteiger charge is -2.24. The van der Waals surface area contributed by atoms with Gasteiger partial charge in [-0.2, -0.15) is 5.10 Å². The van der Waals surface area contributed by atoms with E-state index in [1.165, 1.54) is 4.68 Å². The molecule has 1 amide bonds. The number of hydrogen-bond acceptors (Lipinski definition) is 4. The van der Waals surface area contributed by atoms with Gasteiger partial charge in [-0.15, -0.1) is 0 Å². The van der Waals surface area contributed by atoms with Gasteiger partial charge < -0.3 is 10.6 Å². The normalized spacial score (nSPS) is 19.4. The zero-order valence-electron chi connectivity index (χ0n) is 10.9. The van der Waals surface area contributed by atoms with Crippen LogP contribution in [0.25, 0.3) is 0 Å². The SMILES string of the molecule is CC(C)n1ncc(NC2CCCNC2=O)c(Br)c1=O. The Hall–Kier alpha value is -1.37. The van der Waals surface area contributed by atoms with Crippen molar-refractivity contribution in [1.82, 2.24) is 15.1 Å². The number of carbonyl (C=O) groups is 1. The highest BCUT2D eigenvalue weighted by molar-refractivity contribution is 9.10. The van der Waals surface area contributed by atoms with Crippen LogP contribution in [0, 0.1) is 0 Å². The summed E-state index contributed by atoms with van der Waals surface area (Å²) in [5, 5.41) is 9.98. The number of carbonyl (C=O) groups excluding carboxylic acids is 1. The van der Waals surface area contributed by atoms with Gasteiger partial charge in [0, 0.05) is 6.54 Å². The van der Waals surface area contributed by atoms with E-state index in [-0.39, 0.29) is 23.6 Å². The Morgan fingerprint density at radius 2 is 2.26 bits per heavy atom. The molecule has 1 atom stereocenters. The summed E-state index contributed by atoms with van der Waals surface area (Å²) in [6.45, 7) is 4.50. The second-order valence-corrected chi connectivity index (χ2v) is 5.64. The van der Waals surface area contributed by atoms with Crippen LogP contribution < -0.4 is 16.2 Å². The first-order valence-electron chi connectivity index (χ1n) is 6.32. The predicted molar refractivity (Wildman–Crippen MR) is 76.2 cm³/mol. The summed E-state index contributed by atoms with van der Waals surface area (Å²) >= 11 is 3.28. The maximum absolute atomic E-state index is 12.1. The summed E-state index contributed by atoms with van der Waals surface area (Å²) in [7, 11) is 0. The molecule has 0 aromatic carbocycles. The van der Waals surface area contributed by atoms with Crippen molar-refractivity contribution in [2.45, 2.75) is 38.8 Å². The maximum Gasteiger partial charge on any atom is 0.283 e. The monoisotopic (exact) mass is 328 g/mol. The molecule has 1 fully saturated rings. The van der Waals surface area contributed by atoms with E-state index in [0.29, 0.717) is 16.7 Å². The van der Waals surface area contributed by atoms with Gasteiger partial charge in [-0.05, 0) is 42.6 Å². The number of halogens is 1. The highest BCUT2D eigenvalue weighted by Gasteiger charge is 2.23. The molecule has 1 unspecified atom stereocenters. The van der Waals surface area contributed by atoms with Crippen molar-refractivity contribution in [2.75, 3.05) is 11.9 Å². The zero-order valence-corrected chi connectivity index (χ0v) is 12.5. The third-order valence-electron chi connectivity index (χ3n) is 3.05. The third-order valence-corrected chi connectivity index (χ3v) is 3.81. The van der Waals surface area contributed by atoms with Crippen LogP contribution in [0.2, 0.25) is 0 Å². The Morgan fingerprint density at radius 1 is 1.53 bits per heavy atom. The van der Waals surface area contributed by atoms with Gasteiger partial charge in [0.1, 0.15) is 10.5 Å². The van der Waals surface area contributed by atoms with Crippen molar-refractivity contribution in [3.63, 3.8) is 0 Å². The molecule has 1 aliphatic rings. The summed E-state index contributed by atoms with van der Waals surface area (Å²) in [5.74, 6) is -0.0359. The molecule has 0 spiro atoms. The molecule has 0 saturated carbocycles. The largest absolute Gasteiger partial charge is 0.371 e. The number of hydrogen-bond donors (Lipinski definition) is 2. The number of aromatic nitrogens is 2. The fourth-order valence-corrected chi connectivity index (χ4v) is 2.41. The van der Waals surface area contributed by atoms with E-state index >= 15 is 0 Å². The van der Waals surface area contributed by atoms with Crippen LogP contribution in [0.5, 0.6) is 0 Å². The van der Waals surface area contributed by atoms with E-state index in [1.807, 2.05) is 13.8 Å². The second-order valence-electron chi connectivity index (χ2n) is 4.85. The number of amides is 1. The van der Waals surface area contributed by atoms with Gasteiger partial charge in [0.15, 0.2) is 0 Å². The molecule has 104 valence electrons. The minimum absolute atomic E-state index is 0.00386. The van der Waals surface area contributed by atoms with Crippen LogP contribution in [0.15, 0.2) is 15.5 Å². The van der Waals surface area contributed by atoms with Crippen LogP contribution in [0.1, 0.15) is 32.7 Å². The molecule has 1 aromatic heterocycles. The van der Waals surface area contributed by atoms with E-state index in [1.54, 1.807) is 6.20 Å². The number of piperidine rings is 1. The summed E-state index contributed by atoms with van der Waals surface area (Å²) in [6, 6.07) is -0.308. The minimum atomic E-state index is -0.304. The van der Waals surface area contributed by atoms with E-state index < -0.39 is 0 Å². The van der Waals surface area contributed by atoms with Crippen molar-refractivity contribution in [3.05, 3.63) is 21.0 Å². The van der Waals surface area contributed by atoms with Crippen LogP contribution in [0.3, 0.4) is 0 Å². The quantitative estimate of drug-likeness (QED) is 0.876. The van der Waals surface area contributed by atoms with Gasteiger partial charge in [-0.1, -0.05) is 0 Å². The molecule has 0 radical (unpaired) electrons. The van der Waals surface area contributed by atoms with Gasteiger partial charge in [-0.3, -0.25) is 9.59 Å². The number of nitrogens with zero attached hydrogens (tertiary/aromatic N) is 2. The molecule has 2 heterocycles. The van der Waals surface area contributed by atoms with Crippen molar-refractivity contribution >= 4 is 27.5 Å². The summed E-state index contributed by atoms with van der Waals surface area (Å²) < 4.78 is 1.81. The minimum Gasteiger partial charge on any atom is -0.371 e. The molecule has 0 aliphatic carbocycles. The Morgan fingerprint density at radius 3 is 2.89 bits per heavy atom.